The lowest BCUT2D eigenvalue weighted by Crippen LogP contribution is -2.37. The van der Waals surface area contributed by atoms with Gasteiger partial charge >= 0.3 is 5.97 Å². The molecule has 0 aliphatic heterocycles. The molecule has 1 amide bonds. The molecule has 1 N–H and O–H groups in total. The van der Waals surface area contributed by atoms with Crippen molar-refractivity contribution in [2.24, 2.45) is 0 Å². The van der Waals surface area contributed by atoms with Gasteiger partial charge in [-0.15, -0.1) is 0 Å². The normalized spacial score (nSPS) is 13.7. The van der Waals surface area contributed by atoms with E-state index in [1.54, 1.807) is 0 Å². The van der Waals surface area contributed by atoms with E-state index in [1.807, 2.05) is 32.0 Å². The maximum absolute atomic E-state index is 12.3. The summed E-state index contributed by atoms with van der Waals surface area (Å²) in [5.41, 5.74) is 2.54. The third-order valence-corrected chi connectivity index (χ3v) is 3.87. The minimum absolute atomic E-state index is 0.0411. The number of ketones is 1. The second-order valence-corrected chi connectivity index (χ2v) is 5.89. The molecular formula is C17H21NO4. The molecule has 2 rings (SSSR count). The number of aryl methyl sites for hydroxylation is 2. The summed E-state index contributed by atoms with van der Waals surface area (Å²) < 4.78 is 0. The van der Waals surface area contributed by atoms with Crippen molar-refractivity contribution in [2.75, 3.05) is 6.54 Å². The summed E-state index contributed by atoms with van der Waals surface area (Å²) >= 11 is 0. The Balaban J connectivity index is 1.96. The van der Waals surface area contributed by atoms with Crippen molar-refractivity contribution in [3.63, 3.8) is 0 Å². The molecule has 0 radical (unpaired) electrons. The van der Waals surface area contributed by atoms with Crippen LogP contribution in [0.4, 0.5) is 0 Å². The number of amides is 1. The first-order valence-electron chi connectivity index (χ1n) is 7.50. The van der Waals surface area contributed by atoms with Gasteiger partial charge in [-0.2, -0.15) is 0 Å². The van der Waals surface area contributed by atoms with Crippen LogP contribution in [-0.4, -0.2) is 40.3 Å². The van der Waals surface area contributed by atoms with Crippen LogP contribution in [0.3, 0.4) is 0 Å². The minimum Gasteiger partial charge on any atom is -0.480 e. The van der Waals surface area contributed by atoms with E-state index in [0.717, 1.165) is 24.0 Å². The monoisotopic (exact) mass is 303 g/mol. The van der Waals surface area contributed by atoms with Gasteiger partial charge in [-0.25, -0.2) is 0 Å². The lowest BCUT2D eigenvalue weighted by Gasteiger charge is -2.20. The lowest BCUT2D eigenvalue weighted by atomic mass is 9.99. The predicted molar refractivity (Wildman–Crippen MR) is 81.9 cm³/mol. The van der Waals surface area contributed by atoms with Gasteiger partial charge in [-0.05, 0) is 38.3 Å². The van der Waals surface area contributed by atoms with Gasteiger partial charge in [0.2, 0.25) is 5.91 Å². The quantitative estimate of drug-likeness (QED) is 0.785. The van der Waals surface area contributed by atoms with Crippen LogP contribution in [0.5, 0.6) is 0 Å². The highest BCUT2D eigenvalue weighted by atomic mass is 16.4. The highest BCUT2D eigenvalue weighted by molar-refractivity contribution is 5.99. The molecule has 0 spiro atoms. The summed E-state index contributed by atoms with van der Waals surface area (Å²) in [5.74, 6) is -1.33. The van der Waals surface area contributed by atoms with Crippen molar-refractivity contribution in [2.45, 2.75) is 45.6 Å². The first-order chi connectivity index (χ1) is 10.4. The second-order valence-electron chi connectivity index (χ2n) is 5.89. The molecule has 5 heteroatoms. The molecule has 0 aromatic heterocycles. The molecule has 0 atom stereocenters. The van der Waals surface area contributed by atoms with Gasteiger partial charge in [0.1, 0.15) is 6.54 Å². The van der Waals surface area contributed by atoms with Crippen LogP contribution in [0.2, 0.25) is 0 Å². The Bertz CT molecular complexity index is 605. The number of carbonyl (C=O) groups is 3. The van der Waals surface area contributed by atoms with Crippen LogP contribution in [0.25, 0.3) is 0 Å². The van der Waals surface area contributed by atoms with Crippen LogP contribution < -0.4 is 0 Å². The van der Waals surface area contributed by atoms with E-state index >= 15 is 0 Å². The van der Waals surface area contributed by atoms with Gasteiger partial charge in [-0.3, -0.25) is 14.4 Å². The molecule has 1 saturated carbocycles. The van der Waals surface area contributed by atoms with Crippen molar-refractivity contribution in [3.05, 3.63) is 34.9 Å². The number of hydrogen-bond donors (Lipinski definition) is 1. The average molecular weight is 303 g/mol. The topological polar surface area (TPSA) is 74.7 Å². The van der Waals surface area contributed by atoms with Crippen LogP contribution in [0.1, 0.15) is 47.2 Å². The van der Waals surface area contributed by atoms with Gasteiger partial charge in [0.05, 0.1) is 0 Å². The number of benzene rings is 1. The highest BCUT2D eigenvalue weighted by Crippen LogP contribution is 2.27. The number of carbonyl (C=O) groups excluding carboxylic acids is 2. The third kappa shape index (κ3) is 4.16. The Morgan fingerprint density at radius 2 is 1.86 bits per heavy atom. The molecule has 0 heterocycles. The van der Waals surface area contributed by atoms with E-state index in [9.17, 15) is 14.4 Å². The number of Topliss-reactive ketones (excluding diaryl/α,β-unsaturated/α-hetero) is 1. The standard InChI is InChI=1S/C17H21NO4/c1-11-3-4-12(2)14(9-11)15(19)7-8-16(20)18(10-17(21)22)13-5-6-13/h3-4,9,13H,5-8,10H2,1-2H3,(H,21,22). The third-order valence-electron chi connectivity index (χ3n) is 3.87. The lowest BCUT2D eigenvalue weighted by molar-refractivity contribution is -0.144. The van der Waals surface area contributed by atoms with Crippen LogP contribution >= 0.6 is 0 Å². The minimum atomic E-state index is -1.01. The molecule has 0 unspecified atom stereocenters. The molecule has 1 aromatic carbocycles. The Kier molecular flexibility index (Phi) is 4.96. The first kappa shape index (κ1) is 16.2. The summed E-state index contributed by atoms with van der Waals surface area (Å²) in [4.78, 5) is 36.6. The van der Waals surface area contributed by atoms with E-state index in [1.165, 1.54) is 4.90 Å². The summed E-state index contributed by atoms with van der Waals surface area (Å²) in [6.45, 7) is 3.51. The molecule has 1 aliphatic rings. The summed E-state index contributed by atoms with van der Waals surface area (Å²) in [7, 11) is 0. The fraction of sp³-hybridized carbons (Fsp3) is 0.471. The van der Waals surface area contributed by atoms with Gasteiger partial charge in [-0.1, -0.05) is 17.7 Å². The van der Waals surface area contributed by atoms with Crippen molar-refractivity contribution in [1.82, 2.24) is 4.90 Å². The summed E-state index contributed by atoms with van der Waals surface area (Å²) in [5, 5.41) is 8.87. The molecule has 1 aliphatic carbocycles. The van der Waals surface area contributed by atoms with E-state index in [0.29, 0.717) is 5.56 Å². The molecule has 1 aromatic rings. The number of carboxylic acids is 1. The van der Waals surface area contributed by atoms with Crippen LogP contribution in [0.15, 0.2) is 18.2 Å². The van der Waals surface area contributed by atoms with Crippen LogP contribution in [0, 0.1) is 13.8 Å². The second kappa shape index (κ2) is 6.73. The number of carboxylic acid groups (broad SMARTS) is 1. The summed E-state index contributed by atoms with van der Waals surface area (Å²) in [6, 6.07) is 5.71. The molecular weight excluding hydrogens is 282 g/mol. The fourth-order valence-corrected chi connectivity index (χ4v) is 2.49. The van der Waals surface area contributed by atoms with E-state index in [4.69, 9.17) is 5.11 Å². The molecule has 118 valence electrons. The number of nitrogens with zero attached hydrogens (tertiary/aromatic N) is 1. The number of rotatable bonds is 7. The number of hydrogen-bond acceptors (Lipinski definition) is 3. The Morgan fingerprint density at radius 1 is 1.18 bits per heavy atom. The van der Waals surface area contributed by atoms with E-state index < -0.39 is 5.97 Å². The molecule has 22 heavy (non-hydrogen) atoms. The van der Waals surface area contributed by atoms with E-state index in [-0.39, 0.29) is 37.1 Å². The van der Waals surface area contributed by atoms with Crippen molar-refractivity contribution < 1.29 is 19.5 Å². The molecule has 1 fully saturated rings. The zero-order valence-electron chi connectivity index (χ0n) is 13.0. The molecule has 5 nitrogen and oxygen atoms in total. The van der Waals surface area contributed by atoms with E-state index in [2.05, 4.69) is 0 Å². The highest BCUT2D eigenvalue weighted by Gasteiger charge is 2.33. The largest absolute Gasteiger partial charge is 0.480 e. The van der Waals surface area contributed by atoms with Gasteiger partial charge in [0, 0.05) is 24.4 Å². The van der Waals surface area contributed by atoms with Gasteiger partial charge in [0.15, 0.2) is 5.78 Å². The predicted octanol–water partition coefficient (Wildman–Crippen LogP) is 2.34. The smallest absolute Gasteiger partial charge is 0.323 e. The SMILES string of the molecule is Cc1ccc(C)c(C(=O)CCC(=O)N(CC(=O)O)C2CC2)c1. The Hall–Kier alpha value is -2.17. The maximum atomic E-state index is 12.3. The fourth-order valence-electron chi connectivity index (χ4n) is 2.49. The van der Waals surface area contributed by atoms with Gasteiger partial charge < -0.3 is 10.0 Å². The first-order valence-corrected chi connectivity index (χ1v) is 7.50. The van der Waals surface area contributed by atoms with Crippen LogP contribution in [-0.2, 0) is 9.59 Å². The Morgan fingerprint density at radius 3 is 2.45 bits per heavy atom. The zero-order valence-corrected chi connectivity index (χ0v) is 13.0. The van der Waals surface area contributed by atoms with Crippen molar-refractivity contribution in [3.8, 4) is 0 Å². The molecule has 0 saturated heterocycles. The maximum Gasteiger partial charge on any atom is 0.323 e. The average Bonchev–Trinajstić information content (AvgIpc) is 3.28. The summed E-state index contributed by atoms with van der Waals surface area (Å²) in [6.07, 6.45) is 1.88. The zero-order chi connectivity index (χ0) is 16.3. The number of aliphatic carboxylic acids is 1. The Labute approximate surface area is 129 Å². The van der Waals surface area contributed by atoms with Gasteiger partial charge in [0.25, 0.3) is 0 Å². The van der Waals surface area contributed by atoms with Crippen molar-refractivity contribution in [1.29, 1.82) is 0 Å². The van der Waals surface area contributed by atoms with Crippen molar-refractivity contribution >= 4 is 17.7 Å². The molecule has 0 bridgehead atoms.